The number of phenolic OH excluding ortho intramolecular Hbond substituents is 1. The van der Waals surface area contributed by atoms with Crippen LogP contribution in [-0.4, -0.2) is 38.2 Å². The van der Waals surface area contributed by atoms with E-state index in [0.29, 0.717) is 5.82 Å². The van der Waals surface area contributed by atoms with Crippen molar-refractivity contribution in [2.24, 2.45) is 5.10 Å². The summed E-state index contributed by atoms with van der Waals surface area (Å²) >= 11 is 6.60. The van der Waals surface area contributed by atoms with Crippen LogP contribution < -0.4 is 4.74 Å². The maximum atomic E-state index is 11.2. The van der Waals surface area contributed by atoms with Gasteiger partial charge in [0.05, 0.1) is 34.8 Å². The van der Waals surface area contributed by atoms with Crippen LogP contribution in [0.5, 0.6) is 11.5 Å². The van der Waals surface area contributed by atoms with Gasteiger partial charge in [-0.15, -0.1) is 11.3 Å². The van der Waals surface area contributed by atoms with Gasteiger partial charge < -0.3 is 9.84 Å². The molecule has 3 rings (SSSR count). The number of nitrogens with zero attached hydrogens (tertiary/aromatic N) is 4. The molecule has 0 saturated carbocycles. The summed E-state index contributed by atoms with van der Waals surface area (Å²) in [6.07, 6.45) is 1.24. The van der Waals surface area contributed by atoms with Crippen LogP contribution in [-0.2, 0) is 0 Å². The average molecular weight is 377 g/mol. The number of ether oxygens (including phenoxy) is 1. The smallest absolute Gasteiger partial charge is 0.282 e. The standard InChI is InChI=1S/C14H11N5O4S2/c1-23-11-6-9(19(21)22)8(5-10(11)20)7-15-18-13(16-17-14(18)24)12-3-2-4-25-12/h2-7,20H,1H3,(H,17,24)/b15-7-. The third kappa shape index (κ3) is 3.27. The van der Waals surface area contributed by atoms with E-state index in [2.05, 4.69) is 15.3 Å². The monoisotopic (exact) mass is 377 g/mol. The second-order valence-electron chi connectivity index (χ2n) is 4.73. The van der Waals surface area contributed by atoms with Crippen LogP contribution >= 0.6 is 23.6 Å². The fourth-order valence-electron chi connectivity index (χ4n) is 2.08. The van der Waals surface area contributed by atoms with Gasteiger partial charge in [-0.2, -0.15) is 14.9 Å². The van der Waals surface area contributed by atoms with E-state index < -0.39 is 4.92 Å². The Morgan fingerprint density at radius 1 is 1.56 bits per heavy atom. The molecule has 3 aromatic rings. The van der Waals surface area contributed by atoms with Gasteiger partial charge in [0.2, 0.25) is 4.77 Å². The number of aromatic amines is 1. The minimum absolute atomic E-state index is 0.00282. The Bertz CT molecular complexity index is 1010. The van der Waals surface area contributed by atoms with Crippen molar-refractivity contribution in [3.63, 3.8) is 0 Å². The van der Waals surface area contributed by atoms with Crippen LogP contribution in [0.3, 0.4) is 0 Å². The number of hydrogen-bond acceptors (Lipinski definition) is 8. The lowest BCUT2D eigenvalue weighted by atomic mass is 10.1. The summed E-state index contributed by atoms with van der Waals surface area (Å²) in [6, 6.07) is 6.04. The molecule has 0 bridgehead atoms. The lowest BCUT2D eigenvalue weighted by Gasteiger charge is -2.05. The summed E-state index contributed by atoms with van der Waals surface area (Å²) in [6.45, 7) is 0. The van der Waals surface area contributed by atoms with Gasteiger partial charge in [0.1, 0.15) is 0 Å². The van der Waals surface area contributed by atoms with Gasteiger partial charge in [-0.25, -0.2) is 5.10 Å². The van der Waals surface area contributed by atoms with Gasteiger partial charge in [-0.3, -0.25) is 10.1 Å². The quantitative estimate of drug-likeness (QED) is 0.305. The van der Waals surface area contributed by atoms with E-state index >= 15 is 0 Å². The molecule has 2 heterocycles. The normalized spacial score (nSPS) is 11.1. The number of benzene rings is 1. The summed E-state index contributed by atoms with van der Waals surface area (Å²) in [5, 5.41) is 33.9. The molecule has 0 spiro atoms. The molecule has 0 aliphatic carbocycles. The average Bonchev–Trinajstić information content (AvgIpc) is 3.22. The Morgan fingerprint density at radius 3 is 3.00 bits per heavy atom. The molecule has 0 unspecified atom stereocenters. The van der Waals surface area contributed by atoms with Gasteiger partial charge in [-0.1, -0.05) is 6.07 Å². The minimum atomic E-state index is -0.585. The van der Waals surface area contributed by atoms with Crippen molar-refractivity contribution in [2.75, 3.05) is 7.11 Å². The summed E-state index contributed by atoms with van der Waals surface area (Å²) in [5.41, 5.74) is -0.158. The molecule has 0 saturated heterocycles. The zero-order valence-corrected chi connectivity index (χ0v) is 14.4. The van der Waals surface area contributed by atoms with Crippen LogP contribution in [0, 0.1) is 14.9 Å². The molecule has 0 aliphatic heterocycles. The Hall–Kier alpha value is -3.05. The molecule has 11 heteroatoms. The van der Waals surface area contributed by atoms with E-state index in [4.69, 9.17) is 17.0 Å². The van der Waals surface area contributed by atoms with E-state index in [1.165, 1.54) is 35.4 Å². The van der Waals surface area contributed by atoms with Crippen molar-refractivity contribution in [1.29, 1.82) is 0 Å². The third-order valence-corrected chi connectivity index (χ3v) is 4.36. The number of nitro groups is 1. The molecule has 25 heavy (non-hydrogen) atoms. The van der Waals surface area contributed by atoms with Crippen molar-refractivity contribution in [3.8, 4) is 22.2 Å². The topological polar surface area (TPSA) is 119 Å². The number of aromatic nitrogens is 3. The number of rotatable bonds is 5. The molecule has 0 fully saturated rings. The van der Waals surface area contributed by atoms with Crippen molar-refractivity contribution in [3.05, 3.63) is 50.1 Å². The fourth-order valence-corrected chi connectivity index (χ4v) is 2.96. The molecule has 2 aromatic heterocycles. The van der Waals surface area contributed by atoms with Crippen molar-refractivity contribution < 1.29 is 14.8 Å². The SMILES string of the molecule is COc1cc([N+](=O)[O-])c(/C=N\n2c(-c3cccs3)n[nH]c2=S)cc1O. The second-order valence-corrected chi connectivity index (χ2v) is 6.06. The third-order valence-electron chi connectivity index (χ3n) is 3.23. The van der Waals surface area contributed by atoms with E-state index in [1.54, 1.807) is 0 Å². The van der Waals surface area contributed by atoms with Crippen LogP contribution in [0.25, 0.3) is 10.7 Å². The number of thiophene rings is 1. The predicted molar refractivity (Wildman–Crippen MR) is 95.0 cm³/mol. The summed E-state index contributed by atoms with van der Waals surface area (Å²) in [7, 11) is 1.31. The van der Waals surface area contributed by atoms with Gasteiger partial charge in [0.25, 0.3) is 5.69 Å². The molecule has 0 radical (unpaired) electrons. The largest absolute Gasteiger partial charge is 0.504 e. The number of aromatic hydroxyl groups is 1. The summed E-state index contributed by atoms with van der Waals surface area (Å²) < 4.78 is 6.48. The van der Waals surface area contributed by atoms with Crippen LogP contribution in [0.2, 0.25) is 0 Å². The van der Waals surface area contributed by atoms with Crippen LogP contribution in [0.4, 0.5) is 5.69 Å². The Kier molecular flexibility index (Phi) is 4.59. The molecule has 2 N–H and O–H groups in total. The van der Waals surface area contributed by atoms with Crippen molar-refractivity contribution in [1.82, 2.24) is 14.9 Å². The Labute approximate surface area is 150 Å². The lowest BCUT2D eigenvalue weighted by Crippen LogP contribution is -1.99. The maximum Gasteiger partial charge on any atom is 0.282 e. The minimum Gasteiger partial charge on any atom is -0.504 e. The number of phenols is 1. The van der Waals surface area contributed by atoms with E-state index in [-0.39, 0.29) is 27.5 Å². The zero-order valence-electron chi connectivity index (χ0n) is 12.7. The number of methoxy groups -OCH3 is 1. The highest BCUT2D eigenvalue weighted by Gasteiger charge is 2.18. The van der Waals surface area contributed by atoms with Crippen LogP contribution in [0.15, 0.2) is 34.7 Å². The number of nitro benzene ring substituents is 1. The molecule has 0 amide bonds. The molecule has 0 atom stereocenters. The maximum absolute atomic E-state index is 11.2. The summed E-state index contributed by atoms with van der Waals surface area (Å²) in [5.74, 6) is 0.253. The Balaban J connectivity index is 2.07. The van der Waals surface area contributed by atoms with Gasteiger partial charge in [-0.05, 0) is 29.7 Å². The molecule has 1 aromatic carbocycles. The lowest BCUT2D eigenvalue weighted by molar-refractivity contribution is -0.385. The first-order valence-corrected chi connectivity index (χ1v) is 8.11. The molecule has 9 nitrogen and oxygen atoms in total. The van der Waals surface area contributed by atoms with Crippen LogP contribution in [0.1, 0.15) is 5.56 Å². The van der Waals surface area contributed by atoms with Gasteiger partial charge >= 0.3 is 0 Å². The predicted octanol–water partition coefficient (Wildman–Crippen LogP) is 3.17. The molecule has 128 valence electrons. The van der Waals surface area contributed by atoms with Crippen molar-refractivity contribution >= 4 is 35.5 Å². The van der Waals surface area contributed by atoms with Gasteiger partial charge in [0.15, 0.2) is 17.3 Å². The van der Waals surface area contributed by atoms with E-state index in [1.807, 2.05) is 17.5 Å². The number of nitrogens with one attached hydrogen (secondary N) is 1. The van der Waals surface area contributed by atoms with E-state index in [9.17, 15) is 15.2 Å². The molecular formula is C14H11N5O4S2. The van der Waals surface area contributed by atoms with Gasteiger partial charge in [0, 0.05) is 0 Å². The molecular weight excluding hydrogens is 366 g/mol. The highest BCUT2D eigenvalue weighted by atomic mass is 32.1. The second kappa shape index (κ2) is 6.83. The first kappa shape index (κ1) is 16.8. The molecule has 0 aliphatic rings. The first-order valence-electron chi connectivity index (χ1n) is 6.82. The highest BCUT2D eigenvalue weighted by molar-refractivity contribution is 7.71. The number of hydrogen-bond donors (Lipinski definition) is 2. The Morgan fingerprint density at radius 2 is 2.36 bits per heavy atom. The number of H-pyrrole nitrogens is 1. The van der Waals surface area contributed by atoms with Crippen molar-refractivity contribution in [2.45, 2.75) is 0 Å². The highest BCUT2D eigenvalue weighted by Crippen LogP contribution is 2.33. The zero-order chi connectivity index (χ0) is 18.0. The van der Waals surface area contributed by atoms with E-state index in [0.717, 1.165) is 10.9 Å². The summed E-state index contributed by atoms with van der Waals surface area (Å²) in [4.78, 5) is 11.5. The first-order chi connectivity index (χ1) is 12.0. The fraction of sp³-hybridized carbons (Fsp3) is 0.0714.